The van der Waals surface area contributed by atoms with Crippen LogP contribution in [-0.2, 0) is 6.42 Å². The van der Waals surface area contributed by atoms with E-state index >= 15 is 0 Å². The van der Waals surface area contributed by atoms with Gasteiger partial charge in [-0.05, 0) is 24.6 Å². The van der Waals surface area contributed by atoms with Crippen LogP contribution in [0.1, 0.15) is 12.5 Å². The second-order valence-corrected chi connectivity index (χ2v) is 3.46. The van der Waals surface area contributed by atoms with Gasteiger partial charge in [0.15, 0.2) is 0 Å². The summed E-state index contributed by atoms with van der Waals surface area (Å²) in [6.45, 7) is 1.03. The first-order chi connectivity index (χ1) is 6.42. The number of halogens is 3. The molecule has 0 aliphatic heterocycles. The summed E-state index contributed by atoms with van der Waals surface area (Å²) in [5.41, 5.74) is -1.75. The van der Waals surface area contributed by atoms with Crippen molar-refractivity contribution in [1.82, 2.24) is 0 Å². The molecule has 0 aromatic heterocycles. The van der Waals surface area contributed by atoms with Gasteiger partial charge in [0.05, 0.1) is 0 Å². The van der Waals surface area contributed by atoms with E-state index in [1.54, 1.807) is 0 Å². The molecule has 0 aliphatic rings. The molecule has 1 rings (SSSR count). The molecule has 78 valence electrons. The third-order valence-electron chi connectivity index (χ3n) is 1.92. The Balaban J connectivity index is 2.78. The Bertz CT molecular complexity index is 310. The highest BCUT2D eigenvalue weighted by atomic mass is 19.3. The van der Waals surface area contributed by atoms with Crippen LogP contribution in [0.4, 0.5) is 13.2 Å². The van der Waals surface area contributed by atoms with E-state index in [9.17, 15) is 18.3 Å². The summed E-state index contributed by atoms with van der Waals surface area (Å²) in [6.07, 6.45) is -3.10. The zero-order valence-corrected chi connectivity index (χ0v) is 7.67. The summed E-state index contributed by atoms with van der Waals surface area (Å²) >= 11 is 0. The summed E-state index contributed by atoms with van der Waals surface area (Å²) in [5.74, 6) is -0.493. The largest absolute Gasteiger partial charge is 0.384 e. The van der Waals surface area contributed by atoms with Gasteiger partial charge in [-0.3, -0.25) is 0 Å². The first-order valence-corrected chi connectivity index (χ1v) is 4.17. The Hall–Kier alpha value is -1.03. The van der Waals surface area contributed by atoms with Crippen molar-refractivity contribution in [2.75, 3.05) is 0 Å². The van der Waals surface area contributed by atoms with Gasteiger partial charge in [-0.1, -0.05) is 12.1 Å². The van der Waals surface area contributed by atoms with Gasteiger partial charge in [0, 0.05) is 6.42 Å². The maximum Gasteiger partial charge on any atom is 0.266 e. The van der Waals surface area contributed by atoms with Crippen LogP contribution in [0.15, 0.2) is 24.3 Å². The Morgan fingerprint density at radius 3 is 2.57 bits per heavy atom. The number of aliphatic hydroxyl groups is 1. The van der Waals surface area contributed by atoms with Gasteiger partial charge in [0.1, 0.15) is 11.4 Å². The minimum absolute atomic E-state index is 0.261. The van der Waals surface area contributed by atoms with E-state index in [2.05, 4.69) is 0 Å². The molecule has 0 aliphatic carbocycles. The predicted octanol–water partition coefficient (Wildman–Crippen LogP) is 2.38. The van der Waals surface area contributed by atoms with Crippen LogP contribution < -0.4 is 0 Å². The van der Waals surface area contributed by atoms with Crippen molar-refractivity contribution in [2.45, 2.75) is 25.4 Å². The molecule has 1 aromatic rings. The summed E-state index contributed by atoms with van der Waals surface area (Å²) in [7, 11) is 0. The van der Waals surface area contributed by atoms with Gasteiger partial charge < -0.3 is 5.11 Å². The van der Waals surface area contributed by atoms with Gasteiger partial charge in [-0.15, -0.1) is 0 Å². The molecular weight excluding hydrogens is 193 g/mol. The lowest BCUT2D eigenvalue weighted by Crippen LogP contribution is -2.35. The van der Waals surface area contributed by atoms with Crippen molar-refractivity contribution in [2.24, 2.45) is 0 Å². The minimum Gasteiger partial charge on any atom is -0.384 e. The topological polar surface area (TPSA) is 20.2 Å². The molecule has 0 amide bonds. The molecule has 0 bridgehead atoms. The highest BCUT2D eigenvalue weighted by molar-refractivity contribution is 5.18. The van der Waals surface area contributed by atoms with Crippen molar-refractivity contribution in [1.29, 1.82) is 0 Å². The summed E-state index contributed by atoms with van der Waals surface area (Å²) in [4.78, 5) is 0. The van der Waals surface area contributed by atoms with Crippen LogP contribution in [0.5, 0.6) is 0 Å². The van der Waals surface area contributed by atoms with Crippen LogP contribution in [-0.4, -0.2) is 17.1 Å². The minimum atomic E-state index is -2.84. The lowest BCUT2D eigenvalue weighted by Gasteiger charge is -2.21. The number of hydrogen-bond acceptors (Lipinski definition) is 1. The maximum atomic E-state index is 12.7. The van der Waals surface area contributed by atoms with Gasteiger partial charge in [0.25, 0.3) is 6.43 Å². The lowest BCUT2D eigenvalue weighted by molar-refractivity contribution is -0.0821. The first kappa shape index (κ1) is 11.0. The van der Waals surface area contributed by atoms with E-state index in [4.69, 9.17) is 0 Å². The second-order valence-electron chi connectivity index (χ2n) is 3.46. The number of alkyl halides is 2. The van der Waals surface area contributed by atoms with Gasteiger partial charge in [-0.25, -0.2) is 13.2 Å². The zero-order valence-electron chi connectivity index (χ0n) is 7.67. The molecule has 1 unspecified atom stereocenters. The highest BCUT2D eigenvalue weighted by Gasteiger charge is 2.32. The molecule has 1 nitrogen and oxygen atoms in total. The number of benzene rings is 1. The Kier molecular flexibility index (Phi) is 3.16. The molecule has 0 radical (unpaired) electrons. The van der Waals surface area contributed by atoms with Crippen LogP contribution in [0, 0.1) is 5.82 Å². The molecule has 0 saturated heterocycles. The van der Waals surface area contributed by atoms with Gasteiger partial charge >= 0.3 is 0 Å². The summed E-state index contributed by atoms with van der Waals surface area (Å²) in [5, 5.41) is 9.26. The Morgan fingerprint density at radius 2 is 2.07 bits per heavy atom. The van der Waals surface area contributed by atoms with Crippen molar-refractivity contribution in [3.63, 3.8) is 0 Å². The molecule has 14 heavy (non-hydrogen) atoms. The molecule has 4 heteroatoms. The lowest BCUT2D eigenvalue weighted by atomic mass is 9.97. The fraction of sp³-hybridized carbons (Fsp3) is 0.400. The van der Waals surface area contributed by atoms with E-state index in [0.717, 1.165) is 13.0 Å². The fourth-order valence-corrected chi connectivity index (χ4v) is 1.14. The van der Waals surface area contributed by atoms with Crippen molar-refractivity contribution >= 4 is 0 Å². The van der Waals surface area contributed by atoms with E-state index in [0.29, 0.717) is 5.56 Å². The SMILES string of the molecule is CC(O)(Cc1cccc(F)c1)C(F)F. The average molecular weight is 204 g/mol. The summed E-state index contributed by atoms with van der Waals surface area (Å²) < 4.78 is 37.2. The molecule has 1 N–H and O–H groups in total. The molecule has 0 saturated carbocycles. The molecule has 1 atom stereocenters. The third kappa shape index (κ3) is 2.73. The van der Waals surface area contributed by atoms with Crippen molar-refractivity contribution in [3.05, 3.63) is 35.6 Å². The van der Waals surface area contributed by atoms with Crippen LogP contribution >= 0.6 is 0 Å². The zero-order chi connectivity index (χ0) is 10.8. The van der Waals surface area contributed by atoms with E-state index in [1.807, 2.05) is 0 Å². The number of rotatable bonds is 3. The molecule has 1 aromatic carbocycles. The summed E-state index contributed by atoms with van der Waals surface area (Å²) in [6, 6.07) is 5.28. The van der Waals surface area contributed by atoms with Crippen LogP contribution in [0.3, 0.4) is 0 Å². The van der Waals surface area contributed by atoms with Crippen molar-refractivity contribution < 1.29 is 18.3 Å². The predicted molar refractivity (Wildman–Crippen MR) is 46.7 cm³/mol. The van der Waals surface area contributed by atoms with E-state index in [-0.39, 0.29) is 6.42 Å². The smallest absolute Gasteiger partial charge is 0.266 e. The number of hydrogen-bond donors (Lipinski definition) is 1. The van der Waals surface area contributed by atoms with E-state index in [1.165, 1.54) is 18.2 Å². The van der Waals surface area contributed by atoms with Gasteiger partial charge in [0.2, 0.25) is 0 Å². The molecule has 0 spiro atoms. The molecular formula is C10H11F3O. The second kappa shape index (κ2) is 4.00. The van der Waals surface area contributed by atoms with Crippen molar-refractivity contribution in [3.8, 4) is 0 Å². The normalized spacial score (nSPS) is 15.6. The van der Waals surface area contributed by atoms with E-state index < -0.39 is 17.8 Å². The average Bonchev–Trinajstić information content (AvgIpc) is 2.02. The quantitative estimate of drug-likeness (QED) is 0.801. The standard InChI is InChI=1S/C10H11F3O/c1-10(14,9(12)13)6-7-3-2-4-8(11)5-7/h2-5,9,14H,6H2,1H3. The maximum absolute atomic E-state index is 12.7. The molecule has 0 heterocycles. The first-order valence-electron chi connectivity index (χ1n) is 4.17. The highest BCUT2D eigenvalue weighted by Crippen LogP contribution is 2.20. The van der Waals surface area contributed by atoms with Crippen LogP contribution in [0.2, 0.25) is 0 Å². The fourth-order valence-electron chi connectivity index (χ4n) is 1.14. The van der Waals surface area contributed by atoms with Crippen LogP contribution in [0.25, 0.3) is 0 Å². The monoisotopic (exact) mass is 204 g/mol. The molecule has 0 fully saturated rings. The Labute approximate surface area is 80.2 Å². The third-order valence-corrected chi connectivity index (χ3v) is 1.92. The Morgan fingerprint density at radius 1 is 1.43 bits per heavy atom. The van der Waals surface area contributed by atoms with Gasteiger partial charge in [-0.2, -0.15) is 0 Å².